The molecule has 1 rings (SSSR count). The number of rotatable bonds is 4. The van der Waals surface area contributed by atoms with Gasteiger partial charge in [0.1, 0.15) is 0 Å². The molecular formula is C9H16BrF3N2. The molecule has 0 bridgehead atoms. The molecule has 0 radical (unpaired) electrons. The standard InChI is InChI=1S/C9H16BrF3N2/c10-2-4-15-7-5-14(6-8-15)3-1-9(11,12)13/h1-8H2. The quantitative estimate of drug-likeness (QED) is 0.730. The van der Waals surface area contributed by atoms with Crippen LogP contribution in [0.2, 0.25) is 0 Å². The minimum atomic E-state index is -4.02. The first-order valence-corrected chi connectivity index (χ1v) is 6.21. The first-order valence-electron chi connectivity index (χ1n) is 5.09. The Hall–Kier alpha value is 0.190. The molecule has 1 aliphatic rings. The number of alkyl halides is 4. The van der Waals surface area contributed by atoms with Gasteiger partial charge >= 0.3 is 6.18 Å². The van der Waals surface area contributed by atoms with Gasteiger partial charge in [-0.25, -0.2) is 0 Å². The summed E-state index contributed by atoms with van der Waals surface area (Å²) < 4.78 is 35.9. The summed E-state index contributed by atoms with van der Waals surface area (Å²) >= 11 is 3.35. The normalized spacial score (nSPS) is 20.8. The van der Waals surface area contributed by atoms with E-state index in [1.165, 1.54) is 0 Å². The maximum atomic E-state index is 12.0. The number of piperazine rings is 1. The van der Waals surface area contributed by atoms with E-state index in [1.54, 1.807) is 0 Å². The Morgan fingerprint density at radius 2 is 1.40 bits per heavy atom. The highest BCUT2D eigenvalue weighted by molar-refractivity contribution is 9.09. The highest BCUT2D eigenvalue weighted by Crippen LogP contribution is 2.20. The molecule has 2 nitrogen and oxygen atoms in total. The largest absolute Gasteiger partial charge is 0.390 e. The predicted molar refractivity (Wildman–Crippen MR) is 57.3 cm³/mol. The topological polar surface area (TPSA) is 6.48 Å². The molecular weight excluding hydrogens is 273 g/mol. The zero-order valence-corrected chi connectivity index (χ0v) is 10.1. The summed E-state index contributed by atoms with van der Waals surface area (Å²) in [6, 6.07) is 0. The van der Waals surface area contributed by atoms with Crippen LogP contribution in [0, 0.1) is 0 Å². The molecule has 1 saturated heterocycles. The molecule has 15 heavy (non-hydrogen) atoms. The highest BCUT2D eigenvalue weighted by atomic mass is 79.9. The van der Waals surface area contributed by atoms with Crippen molar-refractivity contribution in [3.8, 4) is 0 Å². The lowest BCUT2D eigenvalue weighted by Crippen LogP contribution is -2.47. The third kappa shape index (κ3) is 5.73. The van der Waals surface area contributed by atoms with E-state index in [4.69, 9.17) is 0 Å². The molecule has 1 heterocycles. The second kappa shape index (κ2) is 6.06. The predicted octanol–water partition coefficient (Wildman–Crippen LogP) is 1.95. The van der Waals surface area contributed by atoms with E-state index in [0.29, 0.717) is 0 Å². The fraction of sp³-hybridized carbons (Fsp3) is 1.00. The number of hydrogen-bond donors (Lipinski definition) is 0. The van der Waals surface area contributed by atoms with Gasteiger partial charge in [0.15, 0.2) is 0 Å². The molecule has 0 N–H and O–H groups in total. The lowest BCUT2D eigenvalue weighted by atomic mass is 10.3. The maximum absolute atomic E-state index is 12.0. The summed E-state index contributed by atoms with van der Waals surface area (Å²) in [5.41, 5.74) is 0. The molecule has 0 saturated carbocycles. The maximum Gasteiger partial charge on any atom is 0.390 e. The van der Waals surface area contributed by atoms with Crippen molar-refractivity contribution in [3.63, 3.8) is 0 Å². The third-order valence-corrected chi connectivity index (χ3v) is 2.93. The Kier molecular flexibility index (Phi) is 5.35. The van der Waals surface area contributed by atoms with Gasteiger partial charge in [0.05, 0.1) is 6.42 Å². The second-order valence-electron chi connectivity index (χ2n) is 3.74. The third-order valence-electron chi connectivity index (χ3n) is 2.58. The fourth-order valence-corrected chi connectivity index (χ4v) is 2.14. The van der Waals surface area contributed by atoms with E-state index in [0.717, 1.165) is 38.1 Å². The van der Waals surface area contributed by atoms with E-state index in [1.807, 2.05) is 4.90 Å². The van der Waals surface area contributed by atoms with Gasteiger partial charge in [0.25, 0.3) is 0 Å². The molecule has 0 amide bonds. The lowest BCUT2D eigenvalue weighted by Gasteiger charge is -2.34. The highest BCUT2D eigenvalue weighted by Gasteiger charge is 2.28. The van der Waals surface area contributed by atoms with E-state index < -0.39 is 12.6 Å². The van der Waals surface area contributed by atoms with E-state index >= 15 is 0 Å². The van der Waals surface area contributed by atoms with Crippen molar-refractivity contribution in [2.45, 2.75) is 12.6 Å². The molecule has 1 fully saturated rings. The molecule has 0 aromatic rings. The van der Waals surface area contributed by atoms with Crippen LogP contribution in [0.5, 0.6) is 0 Å². The molecule has 90 valence electrons. The zero-order valence-electron chi connectivity index (χ0n) is 8.56. The van der Waals surface area contributed by atoms with Crippen LogP contribution in [-0.2, 0) is 0 Å². The molecule has 0 unspecified atom stereocenters. The fourth-order valence-electron chi connectivity index (χ4n) is 1.64. The lowest BCUT2D eigenvalue weighted by molar-refractivity contribution is -0.138. The Bertz CT molecular complexity index is 179. The van der Waals surface area contributed by atoms with Crippen molar-refractivity contribution in [2.75, 3.05) is 44.6 Å². The Morgan fingerprint density at radius 3 is 1.80 bits per heavy atom. The van der Waals surface area contributed by atoms with Crippen LogP contribution in [-0.4, -0.2) is 60.6 Å². The summed E-state index contributed by atoms with van der Waals surface area (Å²) in [7, 11) is 0. The van der Waals surface area contributed by atoms with Gasteiger partial charge in [-0.05, 0) is 0 Å². The number of nitrogens with zero attached hydrogens (tertiary/aromatic N) is 2. The van der Waals surface area contributed by atoms with Crippen LogP contribution in [0.1, 0.15) is 6.42 Å². The average Bonchev–Trinajstić information content (AvgIpc) is 2.16. The summed E-state index contributed by atoms with van der Waals surface area (Å²) in [5, 5.41) is 0.926. The zero-order chi connectivity index (χ0) is 11.3. The van der Waals surface area contributed by atoms with Crippen molar-refractivity contribution in [3.05, 3.63) is 0 Å². The van der Waals surface area contributed by atoms with Gasteiger partial charge < -0.3 is 4.90 Å². The molecule has 0 aromatic carbocycles. The monoisotopic (exact) mass is 288 g/mol. The molecule has 1 aliphatic heterocycles. The number of hydrogen-bond acceptors (Lipinski definition) is 2. The Balaban J connectivity index is 2.15. The molecule has 0 atom stereocenters. The summed E-state index contributed by atoms with van der Waals surface area (Å²) in [5.74, 6) is 0. The van der Waals surface area contributed by atoms with Crippen LogP contribution >= 0.6 is 15.9 Å². The van der Waals surface area contributed by atoms with Crippen molar-refractivity contribution in [2.24, 2.45) is 0 Å². The van der Waals surface area contributed by atoms with Gasteiger partial charge in [-0.2, -0.15) is 13.2 Å². The van der Waals surface area contributed by atoms with Crippen molar-refractivity contribution >= 4 is 15.9 Å². The molecule has 6 heteroatoms. The Morgan fingerprint density at radius 1 is 0.933 bits per heavy atom. The first-order chi connectivity index (χ1) is 7.01. The summed E-state index contributed by atoms with van der Waals surface area (Å²) in [4.78, 5) is 4.15. The van der Waals surface area contributed by atoms with Crippen LogP contribution in [0.4, 0.5) is 13.2 Å². The van der Waals surface area contributed by atoms with Crippen molar-refractivity contribution in [1.29, 1.82) is 0 Å². The average molecular weight is 289 g/mol. The van der Waals surface area contributed by atoms with Crippen molar-refractivity contribution in [1.82, 2.24) is 9.80 Å². The van der Waals surface area contributed by atoms with Crippen molar-refractivity contribution < 1.29 is 13.2 Å². The molecule has 0 spiro atoms. The van der Waals surface area contributed by atoms with Gasteiger partial charge in [0, 0.05) is 44.6 Å². The summed E-state index contributed by atoms with van der Waals surface area (Å²) in [6.07, 6.45) is -4.71. The SMILES string of the molecule is FC(F)(F)CCN1CCN(CCBr)CC1. The van der Waals surface area contributed by atoms with Gasteiger partial charge in [-0.3, -0.25) is 4.90 Å². The van der Waals surface area contributed by atoms with Crippen LogP contribution in [0.15, 0.2) is 0 Å². The minimum Gasteiger partial charge on any atom is -0.300 e. The Labute approximate surface area is 96.5 Å². The molecule has 0 aliphatic carbocycles. The van der Waals surface area contributed by atoms with Crippen LogP contribution < -0.4 is 0 Å². The van der Waals surface area contributed by atoms with Crippen LogP contribution in [0.3, 0.4) is 0 Å². The van der Waals surface area contributed by atoms with Crippen LogP contribution in [0.25, 0.3) is 0 Å². The van der Waals surface area contributed by atoms with Gasteiger partial charge in [-0.1, -0.05) is 15.9 Å². The van der Waals surface area contributed by atoms with E-state index in [2.05, 4.69) is 20.8 Å². The second-order valence-corrected chi connectivity index (χ2v) is 4.53. The number of halogens is 4. The first kappa shape index (κ1) is 13.3. The van der Waals surface area contributed by atoms with E-state index in [-0.39, 0.29) is 6.54 Å². The summed E-state index contributed by atoms with van der Waals surface area (Å²) in [6.45, 7) is 4.39. The van der Waals surface area contributed by atoms with Gasteiger partial charge in [0.2, 0.25) is 0 Å². The molecule has 0 aromatic heterocycles. The minimum absolute atomic E-state index is 0.144. The van der Waals surface area contributed by atoms with Gasteiger partial charge in [-0.15, -0.1) is 0 Å². The smallest absolute Gasteiger partial charge is 0.300 e. The van der Waals surface area contributed by atoms with E-state index in [9.17, 15) is 13.2 Å².